The number of carbonyl (C=O) groups excluding carboxylic acids is 1. The molecule has 108 valence electrons. The van der Waals surface area contributed by atoms with Gasteiger partial charge in [0.25, 0.3) is 0 Å². The summed E-state index contributed by atoms with van der Waals surface area (Å²) in [4.78, 5) is 26.6. The molecule has 0 unspecified atom stereocenters. The topological polar surface area (TPSA) is 79.3 Å². The molecule has 0 aliphatic heterocycles. The number of rotatable bonds is 5. The number of carboxylic acid groups (broad SMARTS) is 1. The predicted octanol–water partition coefficient (Wildman–Crippen LogP) is 2.66. The van der Waals surface area contributed by atoms with Crippen molar-refractivity contribution in [1.29, 1.82) is 0 Å². The van der Waals surface area contributed by atoms with Gasteiger partial charge in [-0.2, -0.15) is 0 Å². The number of amides is 1. The highest BCUT2D eigenvalue weighted by Crippen LogP contribution is 2.09. The first-order chi connectivity index (χ1) is 10.0. The van der Waals surface area contributed by atoms with Gasteiger partial charge in [-0.15, -0.1) is 0 Å². The third-order valence-electron chi connectivity index (χ3n) is 3.04. The molecular formula is C16H16N2O3. The highest BCUT2D eigenvalue weighted by atomic mass is 16.4. The maximum absolute atomic E-state index is 11.8. The number of hydrogen-bond donors (Lipinski definition) is 2. The fraction of sp³-hybridized carbons (Fsp3) is 0.188. The summed E-state index contributed by atoms with van der Waals surface area (Å²) in [7, 11) is 0. The van der Waals surface area contributed by atoms with Crippen LogP contribution >= 0.6 is 0 Å². The Morgan fingerprint density at radius 2 is 1.90 bits per heavy atom. The van der Waals surface area contributed by atoms with Gasteiger partial charge in [0.1, 0.15) is 5.82 Å². The lowest BCUT2D eigenvalue weighted by molar-refractivity contribution is -0.116. The summed E-state index contributed by atoms with van der Waals surface area (Å²) in [6.45, 7) is 2.01. The molecule has 5 heteroatoms. The third kappa shape index (κ3) is 4.42. The minimum atomic E-state index is -1.05. The van der Waals surface area contributed by atoms with Crippen LogP contribution in [0, 0.1) is 6.92 Å². The summed E-state index contributed by atoms with van der Waals surface area (Å²) in [6, 6.07) is 10.7. The van der Waals surface area contributed by atoms with Crippen molar-refractivity contribution in [2.24, 2.45) is 0 Å². The van der Waals surface area contributed by atoms with Gasteiger partial charge in [-0.1, -0.05) is 29.8 Å². The van der Waals surface area contributed by atoms with E-state index in [-0.39, 0.29) is 17.3 Å². The minimum Gasteiger partial charge on any atom is -0.478 e. The molecule has 5 nitrogen and oxygen atoms in total. The first kappa shape index (κ1) is 14.7. The Kier molecular flexibility index (Phi) is 4.66. The molecule has 1 aromatic carbocycles. The lowest BCUT2D eigenvalue weighted by Crippen LogP contribution is -2.14. The number of pyridine rings is 1. The predicted molar refractivity (Wildman–Crippen MR) is 79.3 cm³/mol. The monoisotopic (exact) mass is 284 g/mol. The molecule has 1 aromatic heterocycles. The average molecular weight is 284 g/mol. The van der Waals surface area contributed by atoms with Gasteiger partial charge in [0.15, 0.2) is 0 Å². The molecular weight excluding hydrogens is 268 g/mol. The third-order valence-corrected chi connectivity index (χ3v) is 3.04. The standard InChI is InChI=1S/C16H16N2O3/c1-11-2-4-12(5-3-11)6-7-15(19)18-14-10-13(16(20)21)8-9-17-14/h2-5,8-10H,6-7H2,1H3,(H,20,21)(H,17,18,19). The molecule has 0 aliphatic rings. The lowest BCUT2D eigenvalue weighted by Gasteiger charge is -2.05. The van der Waals surface area contributed by atoms with Crippen LogP contribution in [-0.4, -0.2) is 22.0 Å². The SMILES string of the molecule is Cc1ccc(CCC(=O)Nc2cc(C(=O)O)ccn2)cc1. The van der Waals surface area contributed by atoms with Crippen molar-refractivity contribution in [3.63, 3.8) is 0 Å². The number of aromatic carboxylic acids is 1. The molecule has 2 aromatic rings. The second-order valence-electron chi connectivity index (χ2n) is 4.77. The summed E-state index contributed by atoms with van der Waals surface area (Å²) >= 11 is 0. The van der Waals surface area contributed by atoms with Crippen LogP contribution in [0.15, 0.2) is 42.6 Å². The first-order valence-electron chi connectivity index (χ1n) is 6.59. The Balaban J connectivity index is 1.91. The summed E-state index contributed by atoms with van der Waals surface area (Å²) < 4.78 is 0. The van der Waals surface area contributed by atoms with Crippen molar-refractivity contribution < 1.29 is 14.7 Å². The summed E-state index contributed by atoms with van der Waals surface area (Å²) in [5, 5.41) is 11.5. The molecule has 0 radical (unpaired) electrons. The van der Waals surface area contributed by atoms with Crippen molar-refractivity contribution >= 4 is 17.7 Å². The van der Waals surface area contributed by atoms with E-state index in [1.165, 1.54) is 23.9 Å². The number of hydrogen-bond acceptors (Lipinski definition) is 3. The fourth-order valence-corrected chi connectivity index (χ4v) is 1.85. The van der Waals surface area contributed by atoms with Crippen molar-refractivity contribution in [2.45, 2.75) is 19.8 Å². The van der Waals surface area contributed by atoms with Gasteiger partial charge in [0, 0.05) is 12.6 Å². The zero-order chi connectivity index (χ0) is 15.2. The number of aromatic nitrogens is 1. The number of carbonyl (C=O) groups is 2. The minimum absolute atomic E-state index is 0.0961. The highest BCUT2D eigenvalue weighted by molar-refractivity contribution is 5.92. The fourth-order valence-electron chi connectivity index (χ4n) is 1.85. The van der Waals surface area contributed by atoms with Gasteiger partial charge >= 0.3 is 5.97 Å². The molecule has 0 bridgehead atoms. The molecule has 21 heavy (non-hydrogen) atoms. The summed E-state index contributed by atoms with van der Waals surface area (Å²) in [5.74, 6) is -0.984. The van der Waals surface area contributed by atoms with Crippen LogP contribution in [0.1, 0.15) is 27.9 Å². The van der Waals surface area contributed by atoms with E-state index in [9.17, 15) is 9.59 Å². The van der Waals surface area contributed by atoms with Crippen LogP contribution in [-0.2, 0) is 11.2 Å². The summed E-state index contributed by atoms with van der Waals surface area (Å²) in [5.41, 5.74) is 2.36. The largest absolute Gasteiger partial charge is 0.478 e. The quantitative estimate of drug-likeness (QED) is 0.884. The number of anilines is 1. The molecule has 0 spiro atoms. The molecule has 0 saturated carbocycles. The van der Waals surface area contributed by atoms with Crippen molar-refractivity contribution in [3.8, 4) is 0 Å². The Labute approximate surface area is 122 Å². The molecule has 1 amide bonds. The Morgan fingerprint density at radius 1 is 1.19 bits per heavy atom. The van der Waals surface area contributed by atoms with E-state index in [4.69, 9.17) is 5.11 Å². The number of nitrogens with one attached hydrogen (secondary N) is 1. The zero-order valence-electron chi connectivity index (χ0n) is 11.7. The van der Waals surface area contributed by atoms with Crippen LogP contribution in [0.4, 0.5) is 5.82 Å². The Bertz CT molecular complexity index is 651. The van der Waals surface area contributed by atoms with Crippen LogP contribution < -0.4 is 5.32 Å². The van der Waals surface area contributed by atoms with Crippen LogP contribution in [0.5, 0.6) is 0 Å². The number of aryl methyl sites for hydroxylation is 2. The molecule has 0 fully saturated rings. The molecule has 2 rings (SSSR count). The van der Waals surface area contributed by atoms with E-state index in [0.29, 0.717) is 12.8 Å². The Morgan fingerprint density at radius 3 is 2.57 bits per heavy atom. The average Bonchev–Trinajstić information content (AvgIpc) is 2.47. The van der Waals surface area contributed by atoms with E-state index in [1.807, 2.05) is 31.2 Å². The van der Waals surface area contributed by atoms with Crippen molar-refractivity contribution in [2.75, 3.05) is 5.32 Å². The maximum atomic E-state index is 11.8. The molecule has 2 N–H and O–H groups in total. The molecule has 0 atom stereocenters. The van der Waals surface area contributed by atoms with Crippen LogP contribution in [0.2, 0.25) is 0 Å². The number of carboxylic acids is 1. The second kappa shape index (κ2) is 6.65. The Hall–Kier alpha value is -2.69. The zero-order valence-corrected chi connectivity index (χ0v) is 11.7. The van der Waals surface area contributed by atoms with Gasteiger partial charge < -0.3 is 10.4 Å². The molecule has 1 heterocycles. The molecule has 0 aliphatic carbocycles. The van der Waals surface area contributed by atoms with E-state index < -0.39 is 5.97 Å². The summed E-state index contributed by atoms with van der Waals surface area (Å²) in [6.07, 6.45) is 2.31. The van der Waals surface area contributed by atoms with Gasteiger partial charge in [-0.05, 0) is 31.0 Å². The van der Waals surface area contributed by atoms with Crippen LogP contribution in [0.25, 0.3) is 0 Å². The highest BCUT2D eigenvalue weighted by Gasteiger charge is 2.07. The smallest absolute Gasteiger partial charge is 0.335 e. The second-order valence-corrected chi connectivity index (χ2v) is 4.77. The first-order valence-corrected chi connectivity index (χ1v) is 6.59. The van der Waals surface area contributed by atoms with Gasteiger partial charge in [-0.3, -0.25) is 4.79 Å². The number of benzene rings is 1. The lowest BCUT2D eigenvalue weighted by atomic mass is 10.1. The van der Waals surface area contributed by atoms with Crippen molar-refractivity contribution in [1.82, 2.24) is 4.98 Å². The normalized spacial score (nSPS) is 10.1. The van der Waals surface area contributed by atoms with E-state index in [1.54, 1.807) is 0 Å². The number of nitrogens with zero attached hydrogens (tertiary/aromatic N) is 1. The van der Waals surface area contributed by atoms with Gasteiger partial charge in [0.05, 0.1) is 5.56 Å². The van der Waals surface area contributed by atoms with E-state index in [2.05, 4.69) is 10.3 Å². The van der Waals surface area contributed by atoms with E-state index >= 15 is 0 Å². The van der Waals surface area contributed by atoms with E-state index in [0.717, 1.165) is 5.56 Å². The van der Waals surface area contributed by atoms with Gasteiger partial charge in [0.2, 0.25) is 5.91 Å². The van der Waals surface area contributed by atoms with Crippen molar-refractivity contribution in [3.05, 3.63) is 59.3 Å². The maximum Gasteiger partial charge on any atom is 0.335 e. The van der Waals surface area contributed by atoms with Gasteiger partial charge in [-0.25, -0.2) is 9.78 Å². The van der Waals surface area contributed by atoms with Crippen LogP contribution in [0.3, 0.4) is 0 Å². The molecule has 0 saturated heterocycles.